The Morgan fingerprint density at radius 2 is 1.82 bits per heavy atom. The number of carboxylic acids is 1. The van der Waals surface area contributed by atoms with E-state index in [2.05, 4.69) is 23.6 Å². The van der Waals surface area contributed by atoms with Gasteiger partial charge >= 0.3 is 5.97 Å². The van der Waals surface area contributed by atoms with Crippen LogP contribution in [-0.2, 0) is 16.1 Å². The van der Waals surface area contributed by atoms with Crippen LogP contribution < -0.4 is 10.6 Å². The zero-order valence-electron chi connectivity index (χ0n) is 19.0. The van der Waals surface area contributed by atoms with Crippen molar-refractivity contribution in [2.24, 2.45) is 0 Å². The number of hydrogen-bond donors (Lipinski definition) is 3. The molecule has 7 heteroatoms. The van der Waals surface area contributed by atoms with Crippen LogP contribution in [0, 0.1) is 0 Å². The molecule has 1 unspecified atom stereocenters. The van der Waals surface area contributed by atoms with E-state index >= 15 is 0 Å². The van der Waals surface area contributed by atoms with Crippen LogP contribution in [0.3, 0.4) is 0 Å². The van der Waals surface area contributed by atoms with Gasteiger partial charge in [-0.1, -0.05) is 43.7 Å². The second-order valence-corrected chi connectivity index (χ2v) is 7.75. The molecule has 1 heterocycles. The molecule has 3 aromatic rings. The Bertz CT molecular complexity index is 1040. The normalized spacial score (nSPS) is 11.7. The molecule has 2 aromatic carbocycles. The molecule has 0 bridgehead atoms. The van der Waals surface area contributed by atoms with Crippen LogP contribution >= 0.6 is 0 Å². The van der Waals surface area contributed by atoms with Crippen molar-refractivity contribution in [3.8, 4) is 11.3 Å². The molecule has 174 valence electrons. The molecular formula is C26H30N2O5. The van der Waals surface area contributed by atoms with Gasteiger partial charge in [0.2, 0.25) is 0 Å². The molecule has 1 amide bonds. The highest BCUT2D eigenvalue weighted by Crippen LogP contribution is 2.34. The van der Waals surface area contributed by atoms with E-state index in [-0.39, 0.29) is 24.9 Å². The number of aliphatic carboxylic acids is 1. The fraction of sp³-hybridized carbons (Fsp3) is 0.308. The summed E-state index contributed by atoms with van der Waals surface area (Å²) in [4.78, 5) is 22.8. The van der Waals surface area contributed by atoms with Crippen LogP contribution in [0.1, 0.15) is 53.9 Å². The Morgan fingerprint density at radius 1 is 1.09 bits per heavy atom. The van der Waals surface area contributed by atoms with E-state index in [9.17, 15) is 9.59 Å². The minimum atomic E-state index is -0.945. The minimum absolute atomic E-state index is 0.0107. The van der Waals surface area contributed by atoms with Gasteiger partial charge in [-0.3, -0.25) is 9.59 Å². The number of nitrogens with one attached hydrogen (secondary N) is 2. The predicted molar refractivity (Wildman–Crippen MR) is 127 cm³/mol. The van der Waals surface area contributed by atoms with E-state index in [4.69, 9.17) is 14.3 Å². The number of amides is 1. The molecule has 1 aromatic heterocycles. The lowest BCUT2D eigenvalue weighted by Gasteiger charge is -2.20. The second-order valence-electron chi connectivity index (χ2n) is 7.75. The topological polar surface area (TPSA) is 101 Å². The van der Waals surface area contributed by atoms with Crippen molar-refractivity contribution in [1.29, 1.82) is 0 Å². The SMILES string of the molecule is CCCC(Nc1ccc(C(=O)NCCC(=O)O)cc1)c1cc(-c2ccccc2)oc1COC. The van der Waals surface area contributed by atoms with Crippen LogP contribution in [-0.4, -0.2) is 30.6 Å². The van der Waals surface area contributed by atoms with Gasteiger partial charge in [0.05, 0.1) is 12.5 Å². The van der Waals surface area contributed by atoms with Crippen molar-refractivity contribution in [2.75, 3.05) is 19.0 Å². The Labute approximate surface area is 193 Å². The molecule has 33 heavy (non-hydrogen) atoms. The largest absolute Gasteiger partial charge is 0.481 e. The Morgan fingerprint density at radius 3 is 2.45 bits per heavy atom. The first-order chi connectivity index (χ1) is 16.0. The third kappa shape index (κ3) is 6.70. The lowest BCUT2D eigenvalue weighted by molar-refractivity contribution is -0.136. The van der Waals surface area contributed by atoms with Crippen molar-refractivity contribution in [3.05, 3.63) is 77.6 Å². The molecule has 0 aliphatic rings. The minimum Gasteiger partial charge on any atom is -0.481 e. The number of benzene rings is 2. The standard InChI is InChI=1S/C26H30N2O5/c1-3-7-22(21-16-23(33-24(21)17-32-2)18-8-5-4-6-9-18)28-20-12-10-19(11-13-20)26(31)27-15-14-25(29)30/h4-6,8-13,16,22,28H,3,7,14-15,17H2,1-2H3,(H,27,31)(H,29,30). The summed E-state index contributed by atoms with van der Waals surface area (Å²) in [6.07, 6.45) is 1.76. The van der Waals surface area contributed by atoms with Crippen LogP contribution in [0.5, 0.6) is 0 Å². The Balaban J connectivity index is 1.77. The average Bonchev–Trinajstić information content (AvgIpc) is 3.24. The lowest BCUT2D eigenvalue weighted by atomic mass is 10.0. The maximum atomic E-state index is 12.2. The molecule has 0 saturated heterocycles. The molecule has 0 fully saturated rings. The second kappa shape index (κ2) is 11.9. The highest BCUT2D eigenvalue weighted by molar-refractivity contribution is 5.94. The molecule has 7 nitrogen and oxygen atoms in total. The number of carboxylic acid groups (broad SMARTS) is 1. The molecule has 3 rings (SSSR count). The van der Waals surface area contributed by atoms with E-state index < -0.39 is 5.97 Å². The fourth-order valence-electron chi connectivity index (χ4n) is 3.62. The summed E-state index contributed by atoms with van der Waals surface area (Å²) in [5.74, 6) is 0.350. The quantitative estimate of drug-likeness (QED) is 0.348. The maximum Gasteiger partial charge on any atom is 0.305 e. The van der Waals surface area contributed by atoms with Crippen LogP contribution in [0.2, 0.25) is 0 Å². The number of carbonyl (C=O) groups excluding carboxylic acids is 1. The molecular weight excluding hydrogens is 420 g/mol. The van der Waals surface area contributed by atoms with Gasteiger partial charge in [0, 0.05) is 36.0 Å². The first-order valence-corrected chi connectivity index (χ1v) is 11.0. The van der Waals surface area contributed by atoms with Gasteiger partial charge in [0.15, 0.2) is 0 Å². The number of carbonyl (C=O) groups is 2. The monoisotopic (exact) mass is 450 g/mol. The first-order valence-electron chi connectivity index (χ1n) is 11.0. The smallest absolute Gasteiger partial charge is 0.305 e. The zero-order valence-corrected chi connectivity index (χ0v) is 19.0. The van der Waals surface area contributed by atoms with Crippen molar-refractivity contribution in [1.82, 2.24) is 5.32 Å². The summed E-state index contributed by atoms with van der Waals surface area (Å²) < 4.78 is 11.5. The molecule has 0 saturated carbocycles. The lowest BCUT2D eigenvalue weighted by Crippen LogP contribution is -2.25. The number of rotatable bonds is 12. The predicted octanol–water partition coefficient (Wildman–Crippen LogP) is 5.25. The number of ether oxygens (including phenoxy) is 1. The summed E-state index contributed by atoms with van der Waals surface area (Å²) >= 11 is 0. The van der Waals surface area contributed by atoms with Crippen LogP contribution in [0.15, 0.2) is 65.1 Å². The number of hydrogen-bond acceptors (Lipinski definition) is 5. The molecule has 0 aliphatic heterocycles. The number of methoxy groups -OCH3 is 1. The summed E-state index contributed by atoms with van der Waals surface area (Å²) in [5, 5.41) is 14.9. The Hall–Kier alpha value is -3.58. The van der Waals surface area contributed by atoms with Crippen LogP contribution in [0.25, 0.3) is 11.3 Å². The van der Waals surface area contributed by atoms with Gasteiger partial charge in [-0.2, -0.15) is 0 Å². The third-order valence-electron chi connectivity index (χ3n) is 5.24. The highest BCUT2D eigenvalue weighted by Gasteiger charge is 2.21. The average molecular weight is 451 g/mol. The molecule has 3 N–H and O–H groups in total. The maximum absolute atomic E-state index is 12.2. The van der Waals surface area contributed by atoms with Gasteiger partial charge in [0.1, 0.15) is 18.1 Å². The zero-order chi connectivity index (χ0) is 23.6. The van der Waals surface area contributed by atoms with Gasteiger partial charge in [0.25, 0.3) is 5.91 Å². The van der Waals surface area contributed by atoms with E-state index in [1.165, 1.54) is 0 Å². The van der Waals surface area contributed by atoms with E-state index in [0.29, 0.717) is 12.2 Å². The van der Waals surface area contributed by atoms with Crippen molar-refractivity contribution < 1.29 is 23.8 Å². The number of anilines is 1. The van der Waals surface area contributed by atoms with Crippen molar-refractivity contribution in [3.63, 3.8) is 0 Å². The Kier molecular flexibility index (Phi) is 8.66. The summed E-state index contributed by atoms with van der Waals surface area (Å²) in [7, 11) is 1.65. The summed E-state index contributed by atoms with van der Waals surface area (Å²) in [6, 6.07) is 19.2. The highest BCUT2D eigenvalue weighted by atomic mass is 16.5. The molecule has 0 aliphatic carbocycles. The van der Waals surface area contributed by atoms with Gasteiger partial charge in [-0.05, 0) is 36.8 Å². The van der Waals surface area contributed by atoms with Crippen molar-refractivity contribution >= 4 is 17.6 Å². The van der Waals surface area contributed by atoms with Crippen molar-refractivity contribution in [2.45, 2.75) is 38.8 Å². The fourth-order valence-corrected chi connectivity index (χ4v) is 3.62. The molecule has 1 atom stereocenters. The third-order valence-corrected chi connectivity index (χ3v) is 5.24. The molecule has 0 spiro atoms. The van der Waals surface area contributed by atoms with E-state index in [1.807, 2.05) is 42.5 Å². The molecule has 0 radical (unpaired) electrons. The number of furan rings is 1. The first kappa shape index (κ1) is 24.1. The van der Waals surface area contributed by atoms with E-state index in [1.54, 1.807) is 19.2 Å². The van der Waals surface area contributed by atoms with E-state index in [0.717, 1.165) is 41.2 Å². The summed E-state index contributed by atoms with van der Waals surface area (Å²) in [5.41, 5.74) is 3.41. The van der Waals surface area contributed by atoms with Crippen LogP contribution in [0.4, 0.5) is 5.69 Å². The van der Waals surface area contributed by atoms with Gasteiger partial charge in [-0.15, -0.1) is 0 Å². The summed E-state index contributed by atoms with van der Waals surface area (Å²) in [6.45, 7) is 2.60. The van der Waals surface area contributed by atoms with Gasteiger partial charge < -0.3 is 24.9 Å². The van der Waals surface area contributed by atoms with Gasteiger partial charge in [-0.25, -0.2) is 0 Å².